The molecule has 2 aromatic carbocycles. The molecule has 5 rings (SSSR count). The van der Waals surface area contributed by atoms with Crippen LogP contribution in [0, 0.1) is 11.8 Å². The summed E-state index contributed by atoms with van der Waals surface area (Å²) in [6, 6.07) is 14.3. The first-order valence-corrected chi connectivity index (χ1v) is 9.40. The molecule has 0 aromatic heterocycles. The molecule has 0 aliphatic carbocycles. The van der Waals surface area contributed by atoms with Gasteiger partial charge in [0.2, 0.25) is 0 Å². The summed E-state index contributed by atoms with van der Waals surface area (Å²) in [4.78, 5) is 14.8. The van der Waals surface area contributed by atoms with Crippen molar-refractivity contribution in [1.82, 2.24) is 4.90 Å². The fourth-order valence-electron chi connectivity index (χ4n) is 4.54. The lowest BCUT2D eigenvalue weighted by Crippen LogP contribution is -2.54. The number of carbonyl (C=O) groups is 1. The van der Waals surface area contributed by atoms with E-state index in [0.717, 1.165) is 34.8 Å². The van der Waals surface area contributed by atoms with Gasteiger partial charge in [0.1, 0.15) is 6.61 Å². The highest BCUT2D eigenvalue weighted by Gasteiger charge is 2.39. The van der Waals surface area contributed by atoms with Crippen molar-refractivity contribution in [2.24, 2.45) is 11.8 Å². The lowest BCUT2D eigenvalue weighted by atomic mass is 9.75. The van der Waals surface area contributed by atoms with Gasteiger partial charge in [-0.1, -0.05) is 49.7 Å². The Hall–Kier alpha value is -2.07. The van der Waals surface area contributed by atoms with E-state index in [2.05, 4.69) is 17.1 Å². The average molecular weight is 338 g/mol. The van der Waals surface area contributed by atoms with E-state index >= 15 is 0 Å². The number of rotatable bonds is 4. The van der Waals surface area contributed by atoms with Gasteiger partial charge in [0.05, 0.1) is 5.69 Å². The molecule has 4 atom stereocenters. The second-order valence-electron chi connectivity index (χ2n) is 7.35. The highest BCUT2D eigenvalue weighted by molar-refractivity contribution is 6.00. The minimum absolute atomic E-state index is 0.356. The van der Waals surface area contributed by atoms with Crippen LogP contribution in [0.5, 0.6) is 0 Å². The second kappa shape index (κ2) is 7.04. The topological polar surface area (TPSA) is 41.6 Å². The number of fused-ring (bicyclic) bond motifs is 4. The van der Waals surface area contributed by atoms with Gasteiger partial charge in [-0.25, -0.2) is 4.79 Å². The van der Waals surface area contributed by atoms with Crippen molar-refractivity contribution in [1.29, 1.82) is 0 Å². The minimum atomic E-state index is -0.356. The first-order chi connectivity index (χ1) is 12.2. The van der Waals surface area contributed by atoms with Crippen LogP contribution in [0.4, 0.5) is 10.5 Å². The number of nitrogens with one attached hydrogen (secondary N) is 1. The van der Waals surface area contributed by atoms with Crippen molar-refractivity contribution in [3.05, 3.63) is 42.5 Å². The van der Waals surface area contributed by atoms with Gasteiger partial charge in [0.25, 0.3) is 0 Å². The highest BCUT2D eigenvalue weighted by Crippen LogP contribution is 2.37. The number of amides is 1. The number of hydrogen-bond acceptors (Lipinski definition) is 3. The molecule has 4 heteroatoms. The molecule has 2 bridgehead atoms. The van der Waals surface area contributed by atoms with Gasteiger partial charge in [-0.05, 0) is 42.7 Å². The van der Waals surface area contributed by atoms with Crippen LogP contribution in [0.25, 0.3) is 10.8 Å². The third kappa shape index (κ3) is 3.36. The van der Waals surface area contributed by atoms with E-state index in [1.807, 2.05) is 42.5 Å². The molecule has 1 N–H and O–H groups in total. The summed E-state index contributed by atoms with van der Waals surface area (Å²) in [5, 5.41) is 5.06. The quantitative estimate of drug-likeness (QED) is 0.892. The monoisotopic (exact) mass is 338 g/mol. The molecule has 25 heavy (non-hydrogen) atoms. The lowest BCUT2D eigenvalue weighted by molar-refractivity contribution is -0.0240. The van der Waals surface area contributed by atoms with Crippen molar-refractivity contribution in [2.75, 3.05) is 25.0 Å². The summed E-state index contributed by atoms with van der Waals surface area (Å²) in [6.45, 7) is 5.10. The van der Waals surface area contributed by atoms with E-state index in [0.29, 0.717) is 12.6 Å². The maximum absolute atomic E-state index is 12.3. The van der Waals surface area contributed by atoms with Crippen LogP contribution in [0.2, 0.25) is 0 Å². The molecule has 132 valence electrons. The zero-order valence-electron chi connectivity index (χ0n) is 14.8. The van der Waals surface area contributed by atoms with Crippen LogP contribution in [-0.4, -0.2) is 36.7 Å². The van der Waals surface area contributed by atoms with Crippen LogP contribution < -0.4 is 5.32 Å². The third-order valence-corrected chi connectivity index (χ3v) is 5.97. The zero-order chi connectivity index (χ0) is 17.2. The maximum atomic E-state index is 12.3. The summed E-state index contributed by atoms with van der Waals surface area (Å²) < 4.78 is 5.56. The van der Waals surface area contributed by atoms with Gasteiger partial charge >= 0.3 is 6.09 Å². The number of anilines is 1. The van der Waals surface area contributed by atoms with Crippen LogP contribution >= 0.6 is 0 Å². The summed E-state index contributed by atoms with van der Waals surface area (Å²) in [5.74, 6) is 1.64. The Bertz CT molecular complexity index is 755. The molecule has 4 nitrogen and oxygen atoms in total. The van der Waals surface area contributed by atoms with Gasteiger partial charge < -0.3 is 4.74 Å². The smallest absolute Gasteiger partial charge is 0.411 e. The van der Waals surface area contributed by atoms with Gasteiger partial charge in [-0.3, -0.25) is 10.2 Å². The normalized spacial score (nSPS) is 28.0. The predicted molar refractivity (Wildman–Crippen MR) is 101 cm³/mol. The van der Waals surface area contributed by atoms with E-state index in [9.17, 15) is 4.79 Å². The number of nitrogens with zero attached hydrogens (tertiary/aromatic N) is 1. The van der Waals surface area contributed by atoms with Gasteiger partial charge in [0.15, 0.2) is 0 Å². The Morgan fingerprint density at radius 3 is 2.88 bits per heavy atom. The second-order valence-corrected chi connectivity index (χ2v) is 7.35. The molecule has 0 spiro atoms. The fourth-order valence-corrected chi connectivity index (χ4v) is 4.54. The number of hydrogen-bond donors (Lipinski definition) is 1. The van der Waals surface area contributed by atoms with Crippen molar-refractivity contribution in [3.8, 4) is 0 Å². The van der Waals surface area contributed by atoms with E-state index in [4.69, 9.17) is 4.74 Å². The third-order valence-electron chi connectivity index (χ3n) is 5.97. The van der Waals surface area contributed by atoms with Crippen molar-refractivity contribution in [3.63, 3.8) is 0 Å². The first-order valence-electron chi connectivity index (χ1n) is 9.40. The lowest BCUT2D eigenvalue weighted by Gasteiger charge is -2.49. The molecular weight excluding hydrogens is 312 g/mol. The van der Waals surface area contributed by atoms with Crippen LogP contribution in [0.15, 0.2) is 42.5 Å². The number of benzene rings is 2. The molecule has 1 amide bonds. The minimum Gasteiger partial charge on any atom is -0.448 e. The predicted octanol–water partition coefficient (Wildman–Crippen LogP) is 4.51. The van der Waals surface area contributed by atoms with Crippen LogP contribution in [0.1, 0.15) is 26.2 Å². The Morgan fingerprint density at radius 2 is 2.08 bits per heavy atom. The Morgan fingerprint density at radius 1 is 1.24 bits per heavy atom. The van der Waals surface area contributed by atoms with Gasteiger partial charge in [-0.15, -0.1) is 0 Å². The van der Waals surface area contributed by atoms with Crippen molar-refractivity contribution >= 4 is 22.6 Å². The summed E-state index contributed by atoms with van der Waals surface area (Å²) in [6.07, 6.45) is 3.37. The maximum Gasteiger partial charge on any atom is 0.411 e. The van der Waals surface area contributed by atoms with Gasteiger partial charge in [0, 0.05) is 18.0 Å². The number of ether oxygens (including phenoxy) is 1. The number of carbonyl (C=O) groups excluding carboxylic acids is 1. The summed E-state index contributed by atoms with van der Waals surface area (Å²) in [5.41, 5.74) is 0.805. The Balaban J connectivity index is 1.35. The van der Waals surface area contributed by atoms with E-state index in [1.54, 1.807) is 0 Å². The number of piperidine rings is 3. The van der Waals surface area contributed by atoms with E-state index in [-0.39, 0.29) is 6.09 Å². The van der Waals surface area contributed by atoms with Crippen molar-refractivity contribution in [2.45, 2.75) is 32.2 Å². The Kier molecular flexibility index (Phi) is 4.62. The highest BCUT2D eigenvalue weighted by atomic mass is 16.5. The van der Waals surface area contributed by atoms with Crippen LogP contribution in [0.3, 0.4) is 0 Å². The van der Waals surface area contributed by atoms with E-state index < -0.39 is 0 Å². The largest absolute Gasteiger partial charge is 0.448 e. The SMILES string of the molecule is CC[C@H]1CN2CC[C@H]1C[C@@H]2COC(=O)Nc1cccc2ccccc12. The average Bonchev–Trinajstić information content (AvgIpc) is 2.67. The molecule has 3 aliphatic heterocycles. The molecular formula is C21H26N2O2. The summed E-state index contributed by atoms with van der Waals surface area (Å²) >= 11 is 0. The zero-order valence-corrected chi connectivity index (χ0v) is 14.8. The molecule has 0 saturated carbocycles. The summed E-state index contributed by atoms with van der Waals surface area (Å²) in [7, 11) is 0. The van der Waals surface area contributed by atoms with Gasteiger partial charge in [-0.2, -0.15) is 0 Å². The molecule has 0 radical (unpaired) electrons. The fraction of sp³-hybridized carbons (Fsp3) is 0.476. The molecule has 3 fully saturated rings. The molecule has 3 aliphatic rings. The van der Waals surface area contributed by atoms with Crippen LogP contribution in [-0.2, 0) is 4.74 Å². The van der Waals surface area contributed by atoms with E-state index in [1.165, 1.54) is 25.8 Å². The molecule has 3 saturated heterocycles. The Labute approximate surface area is 149 Å². The first kappa shape index (κ1) is 16.4. The molecule has 2 aromatic rings. The standard InChI is InChI=1S/C21H26N2O2/c1-2-15-13-23-11-10-17(15)12-18(23)14-25-21(24)22-20-9-5-7-16-6-3-4-8-19(16)20/h3-9,15,17-18H,2,10-14H2,1H3,(H,22,24)/t15-,17-,18+/m0/s1. The van der Waals surface area contributed by atoms with Crippen molar-refractivity contribution < 1.29 is 9.53 Å². The molecule has 3 heterocycles. The molecule has 1 unspecified atom stereocenters.